The van der Waals surface area contributed by atoms with E-state index >= 15 is 0 Å². The first-order chi connectivity index (χ1) is 13.8. The van der Waals surface area contributed by atoms with Gasteiger partial charge in [0.25, 0.3) is 0 Å². The number of alkyl halides is 3. The molecule has 0 aliphatic carbocycles. The molecule has 0 saturated carbocycles. The van der Waals surface area contributed by atoms with Crippen LogP contribution in [0.2, 0.25) is 0 Å². The van der Waals surface area contributed by atoms with Crippen molar-refractivity contribution in [2.45, 2.75) is 25.7 Å². The van der Waals surface area contributed by atoms with Crippen LogP contribution in [0.1, 0.15) is 12.5 Å². The largest absolute Gasteiger partial charge is 0.489 e. The Bertz CT molecular complexity index is 815. The second-order valence-corrected chi connectivity index (χ2v) is 6.06. The van der Waals surface area contributed by atoms with Crippen molar-refractivity contribution < 1.29 is 27.0 Å². The zero-order valence-electron chi connectivity index (χ0n) is 16.0. The normalized spacial score (nSPS) is 13.0. The topological polar surface area (TPSA) is 67.8 Å². The summed E-state index contributed by atoms with van der Waals surface area (Å²) in [4.78, 5) is 7.89. The molecule has 1 unspecified atom stereocenters. The highest BCUT2D eigenvalue weighted by atomic mass is 19.4. The van der Waals surface area contributed by atoms with E-state index in [2.05, 4.69) is 20.6 Å². The maximum Gasteiger partial charge on any atom is 0.422 e. The lowest BCUT2D eigenvalue weighted by Crippen LogP contribution is -2.41. The van der Waals surface area contributed by atoms with Gasteiger partial charge in [-0.25, -0.2) is 9.37 Å². The molecule has 1 aromatic carbocycles. The number of hydrogen-bond acceptors (Lipinski definition) is 4. The Hall–Kier alpha value is -3.04. The van der Waals surface area contributed by atoms with Gasteiger partial charge in [-0.2, -0.15) is 13.2 Å². The number of halogens is 4. The van der Waals surface area contributed by atoms with Crippen LogP contribution in [0, 0.1) is 5.82 Å². The molecule has 0 radical (unpaired) electrons. The SMILES string of the molecule is CN=C(NCc1cccnc1OCC(F)(F)F)NCC(C)Oc1cccc(F)c1. The van der Waals surface area contributed by atoms with Crippen LogP contribution in [-0.2, 0) is 6.54 Å². The predicted octanol–water partition coefficient (Wildman–Crippen LogP) is 3.29. The van der Waals surface area contributed by atoms with Crippen molar-refractivity contribution in [3.63, 3.8) is 0 Å². The van der Waals surface area contributed by atoms with E-state index in [9.17, 15) is 17.6 Å². The molecule has 1 aromatic heterocycles. The van der Waals surface area contributed by atoms with Crippen LogP contribution in [0.5, 0.6) is 11.6 Å². The fraction of sp³-hybridized carbons (Fsp3) is 0.368. The minimum Gasteiger partial charge on any atom is -0.489 e. The van der Waals surface area contributed by atoms with Crippen molar-refractivity contribution in [1.82, 2.24) is 15.6 Å². The van der Waals surface area contributed by atoms with Gasteiger partial charge >= 0.3 is 6.18 Å². The highest BCUT2D eigenvalue weighted by molar-refractivity contribution is 5.79. The lowest BCUT2D eigenvalue weighted by molar-refractivity contribution is -0.154. The van der Waals surface area contributed by atoms with Crippen molar-refractivity contribution >= 4 is 5.96 Å². The Balaban J connectivity index is 1.84. The summed E-state index contributed by atoms with van der Waals surface area (Å²) in [5, 5.41) is 6.00. The van der Waals surface area contributed by atoms with Crippen molar-refractivity contribution in [1.29, 1.82) is 0 Å². The molecular weight excluding hydrogens is 392 g/mol. The van der Waals surface area contributed by atoms with Gasteiger partial charge in [0.05, 0.1) is 6.54 Å². The highest BCUT2D eigenvalue weighted by Crippen LogP contribution is 2.19. The third-order valence-corrected chi connectivity index (χ3v) is 3.58. The van der Waals surface area contributed by atoms with E-state index in [1.54, 1.807) is 38.2 Å². The summed E-state index contributed by atoms with van der Waals surface area (Å²) in [5.74, 6) is 0.324. The number of benzene rings is 1. The summed E-state index contributed by atoms with van der Waals surface area (Å²) in [5.41, 5.74) is 0.448. The molecule has 2 aromatic rings. The lowest BCUT2D eigenvalue weighted by atomic mass is 10.2. The molecule has 1 heterocycles. The molecule has 6 nitrogen and oxygen atoms in total. The summed E-state index contributed by atoms with van der Waals surface area (Å²) < 4.78 is 60.7. The Labute approximate surface area is 166 Å². The number of nitrogens with one attached hydrogen (secondary N) is 2. The first-order valence-electron chi connectivity index (χ1n) is 8.77. The van der Waals surface area contributed by atoms with Crippen molar-refractivity contribution in [2.24, 2.45) is 4.99 Å². The van der Waals surface area contributed by atoms with Crippen LogP contribution < -0.4 is 20.1 Å². The van der Waals surface area contributed by atoms with E-state index in [-0.39, 0.29) is 24.3 Å². The Morgan fingerprint density at radius 1 is 1.21 bits per heavy atom. The standard InChI is InChI=1S/C19H22F4N4O2/c1-13(29-16-7-3-6-15(20)9-16)10-26-18(24-2)27-11-14-5-4-8-25-17(14)28-12-19(21,22)23/h3-9,13H,10-12H2,1-2H3,(H2,24,26,27). The minimum atomic E-state index is -4.45. The quantitative estimate of drug-likeness (QED) is 0.394. The Morgan fingerprint density at radius 2 is 2.00 bits per heavy atom. The average Bonchev–Trinajstić information content (AvgIpc) is 2.66. The summed E-state index contributed by atoms with van der Waals surface area (Å²) in [6.07, 6.45) is -3.38. The molecular formula is C19H22F4N4O2. The molecule has 29 heavy (non-hydrogen) atoms. The molecule has 1 atom stereocenters. The van der Waals surface area contributed by atoms with Crippen LogP contribution in [0.4, 0.5) is 17.6 Å². The van der Waals surface area contributed by atoms with Crippen molar-refractivity contribution in [3.8, 4) is 11.6 Å². The number of hydrogen-bond donors (Lipinski definition) is 2. The number of aliphatic imine (C=N–C) groups is 1. The molecule has 0 saturated heterocycles. The van der Waals surface area contributed by atoms with E-state index < -0.39 is 12.8 Å². The molecule has 0 bridgehead atoms. The molecule has 158 valence electrons. The molecule has 10 heteroatoms. The van der Waals surface area contributed by atoms with Crippen LogP contribution >= 0.6 is 0 Å². The molecule has 0 fully saturated rings. The van der Waals surface area contributed by atoms with Gasteiger partial charge in [-0.05, 0) is 25.1 Å². The van der Waals surface area contributed by atoms with Crippen LogP contribution in [0.15, 0.2) is 47.6 Å². The van der Waals surface area contributed by atoms with E-state index in [0.717, 1.165) is 0 Å². The number of guanidine groups is 1. The number of ether oxygens (including phenoxy) is 2. The first-order valence-corrected chi connectivity index (χ1v) is 8.77. The summed E-state index contributed by atoms with van der Waals surface area (Å²) in [6.45, 7) is 0.898. The molecule has 2 rings (SSSR count). The zero-order valence-corrected chi connectivity index (χ0v) is 16.0. The maximum absolute atomic E-state index is 13.2. The third kappa shape index (κ3) is 8.24. The van der Waals surface area contributed by atoms with Crippen molar-refractivity contribution in [3.05, 3.63) is 54.0 Å². The molecule has 0 aliphatic rings. The summed E-state index contributed by atoms with van der Waals surface area (Å²) in [6, 6.07) is 9.02. The average molecular weight is 414 g/mol. The van der Waals surface area contributed by atoms with Gasteiger partial charge in [0, 0.05) is 31.4 Å². The smallest absolute Gasteiger partial charge is 0.422 e. The van der Waals surface area contributed by atoms with E-state index in [4.69, 9.17) is 9.47 Å². The Morgan fingerprint density at radius 3 is 2.69 bits per heavy atom. The highest BCUT2D eigenvalue weighted by Gasteiger charge is 2.29. The number of pyridine rings is 1. The van der Waals surface area contributed by atoms with Gasteiger partial charge in [0.2, 0.25) is 5.88 Å². The lowest BCUT2D eigenvalue weighted by Gasteiger charge is -2.18. The molecule has 0 aliphatic heterocycles. The van der Waals surface area contributed by atoms with Gasteiger partial charge in [-0.15, -0.1) is 0 Å². The van der Waals surface area contributed by atoms with Crippen molar-refractivity contribution in [2.75, 3.05) is 20.2 Å². The van der Waals surface area contributed by atoms with Crippen LogP contribution in [-0.4, -0.2) is 43.4 Å². The van der Waals surface area contributed by atoms with Gasteiger partial charge in [0.15, 0.2) is 12.6 Å². The van der Waals surface area contributed by atoms with Gasteiger partial charge < -0.3 is 20.1 Å². The summed E-state index contributed by atoms with van der Waals surface area (Å²) >= 11 is 0. The van der Waals surface area contributed by atoms with E-state index in [1.807, 2.05) is 0 Å². The second kappa shape index (κ2) is 10.5. The number of aromatic nitrogens is 1. The third-order valence-electron chi connectivity index (χ3n) is 3.58. The fourth-order valence-electron chi connectivity index (χ4n) is 2.29. The van der Waals surface area contributed by atoms with Gasteiger partial charge in [0.1, 0.15) is 17.7 Å². The molecule has 2 N–H and O–H groups in total. The second-order valence-electron chi connectivity index (χ2n) is 6.06. The molecule has 0 spiro atoms. The maximum atomic E-state index is 13.2. The first kappa shape index (κ1) is 22.3. The predicted molar refractivity (Wildman–Crippen MR) is 100 cm³/mol. The fourth-order valence-corrected chi connectivity index (χ4v) is 2.29. The summed E-state index contributed by atoms with van der Waals surface area (Å²) in [7, 11) is 1.55. The van der Waals surface area contributed by atoms with Crippen LogP contribution in [0.3, 0.4) is 0 Å². The van der Waals surface area contributed by atoms with Gasteiger partial charge in [-0.1, -0.05) is 12.1 Å². The zero-order chi connectivity index (χ0) is 21.3. The monoisotopic (exact) mass is 414 g/mol. The Kier molecular flexibility index (Phi) is 8.05. The van der Waals surface area contributed by atoms with Crippen LogP contribution in [0.25, 0.3) is 0 Å². The van der Waals surface area contributed by atoms with E-state index in [1.165, 1.54) is 18.3 Å². The van der Waals surface area contributed by atoms with E-state index in [0.29, 0.717) is 23.8 Å². The number of nitrogens with zero attached hydrogens (tertiary/aromatic N) is 2. The minimum absolute atomic E-state index is 0.101. The molecule has 0 amide bonds. The van der Waals surface area contributed by atoms with Gasteiger partial charge in [-0.3, -0.25) is 4.99 Å². The number of rotatable bonds is 8.